The average Bonchev–Trinajstić information content (AvgIpc) is 2.42. The van der Waals surface area contributed by atoms with Crippen LogP contribution < -0.4 is 4.90 Å². The second kappa shape index (κ2) is 3.93. The Balaban J connectivity index is 2.37. The zero-order chi connectivity index (χ0) is 10.3. The lowest BCUT2D eigenvalue weighted by molar-refractivity contribution is 0.502. The third kappa shape index (κ3) is 1.89. The molecule has 0 radical (unpaired) electrons. The van der Waals surface area contributed by atoms with Gasteiger partial charge in [0.2, 0.25) is 0 Å². The van der Waals surface area contributed by atoms with Crippen LogP contribution in [0, 0.1) is 0 Å². The molecule has 0 saturated heterocycles. The quantitative estimate of drug-likeness (QED) is 0.702. The van der Waals surface area contributed by atoms with Crippen molar-refractivity contribution < 1.29 is 0 Å². The van der Waals surface area contributed by atoms with Crippen molar-refractivity contribution in [2.24, 2.45) is 0 Å². The van der Waals surface area contributed by atoms with Gasteiger partial charge in [0.25, 0.3) is 0 Å². The molecule has 0 aliphatic carbocycles. The van der Waals surface area contributed by atoms with Gasteiger partial charge in [0.1, 0.15) is 4.21 Å². The second-order valence-electron chi connectivity index (χ2n) is 3.65. The molecule has 2 nitrogen and oxygen atoms in total. The molecule has 0 aromatic carbocycles. The van der Waals surface area contributed by atoms with E-state index in [2.05, 4.69) is 36.2 Å². The van der Waals surface area contributed by atoms with Crippen molar-refractivity contribution in [2.45, 2.75) is 24.1 Å². The SMILES string of the molecule is CC(C)N1CN(C)Sc2sc(Cl)cc21. The summed E-state index contributed by atoms with van der Waals surface area (Å²) in [6, 6.07) is 2.59. The predicted octanol–water partition coefficient (Wildman–Crippen LogP) is 3.53. The van der Waals surface area contributed by atoms with E-state index in [1.165, 1.54) is 9.90 Å². The number of fused-ring (bicyclic) bond motifs is 1. The van der Waals surface area contributed by atoms with Gasteiger partial charge in [-0.3, -0.25) is 0 Å². The molecule has 0 spiro atoms. The molecule has 2 heterocycles. The van der Waals surface area contributed by atoms with E-state index in [1.54, 1.807) is 23.3 Å². The van der Waals surface area contributed by atoms with E-state index in [0.717, 1.165) is 11.0 Å². The van der Waals surface area contributed by atoms with Crippen LogP contribution in [-0.4, -0.2) is 24.1 Å². The molecular formula is C9H13ClN2S2. The Morgan fingerprint density at radius 2 is 2.21 bits per heavy atom. The summed E-state index contributed by atoms with van der Waals surface area (Å²) in [6.07, 6.45) is 0. The van der Waals surface area contributed by atoms with E-state index in [0.29, 0.717) is 6.04 Å². The van der Waals surface area contributed by atoms with Crippen LogP contribution in [0.25, 0.3) is 0 Å². The van der Waals surface area contributed by atoms with Gasteiger partial charge in [-0.2, -0.15) is 0 Å². The Bertz CT molecular complexity index is 338. The van der Waals surface area contributed by atoms with Crippen LogP contribution in [0.5, 0.6) is 0 Å². The van der Waals surface area contributed by atoms with Crippen LogP contribution in [0.3, 0.4) is 0 Å². The van der Waals surface area contributed by atoms with Crippen molar-refractivity contribution in [2.75, 3.05) is 18.6 Å². The third-order valence-electron chi connectivity index (χ3n) is 2.17. The van der Waals surface area contributed by atoms with Gasteiger partial charge in [0, 0.05) is 6.04 Å². The van der Waals surface area contributed by atoms with Gasteiger partial charge in [0.05, 0.1) is 16.7 Å². The van der Waals surface area contributed by atoms with Crippen molar-refractivity contribution in [1.29, 1.82) is 0 Å². The molecule has 2 rings (SSSR count). The second-order valence-corrected chi connectivity index (χ2v) is 6.80. The number of thiophene rings is 1. The van der Waals surface area contributed by atoms with E-state index in [1.807, 2.05) is 0 Å². The molecule has 0 bridgehead atoms. The number of halogens is 1. The standard InChI is InChI=1S/C9H13ClN2S2/c1-6(2)12-5-11(3)14-9-7(12)4-8(10)13-9/h4,6H,5H2,1-3H3. The fraction of sp³-hybridized carbons (Fsp3) is 0.556. The van der Waals surface area contributed by atoms with Gasteiger partial charge in [0.15, 0.2) is 0 Å². The summed E-state index contributed by atoms with van der Waals surface area (Å²) in [7, 11) is 2.11. The predicted molar refractivity (Wildman–Crippen MR) is 65.4 cm³/mol. The first kappa shape index (κ1) is 10.6. The monoisotopic (exact) mass is 248 g/mol. The molecule has 1 aromatic rings. The largest absolute Gasteiger partial charge is 0.354 e. The van der Waals surface area contributed by atoms with E-state index in [9.17, 15) is 0 Å². The summed E-state index contributed by atoms with van der Waals surface area (Å²) < 4.78 is 4.41. The molecular weight excluding hydrogens is 236 g/mol. The smallest absolute Gasteiger partial charge is 0.100 e. The summed E-state index contributed by atoms with van der Waals surface area (Å²) in [4.78, 5) is 2.37. The minimum Gasteiger partial charge on any atom is -0.354 e. The van der Waals surface area contributed by atoms with Crippen LogP contribution in [0.15, 0.2) is 10.3 Å². The maximum atomic E-state index is 6.03. The van der Waals surface area contributed by atoms with Gasteiger partial charge < -0.3 is 4.90 Å². The van der Waals surface area contributed by atoms with Gasteiger partial charge in [-0.25, -0.2) is 4.31 Å². The van der Waals surface area contributed by atoms with Crippen LogP contribution in [-0.2, 0) is 0 Å². The van der Waals surface area contributed by atoms with Gasteiger partial charge in [-0.1, -0.05) is 11.6 Å². The molecule has 0 fully saturated rings. The summed E-state index contributed by atoms with van der Waals surface area (Å²) in [5.74, 6) is 0. The molecule has 0 saturated carbocycles. The van der Waals surface area contributed by atoms with E-state index in [4.69, 9.17) is 11.6 Å². The maximum absolute atomic E-state index is 6.03. The summed E-state index contributed by atoms with van der Waals surface area (Å²) >= 11 is 9.47. The lowest BCUT2D eigenvalue weighted by atomic mass is 10.3. The molecule has 0 atom stereocenters. The Labute approximate surface area is 98.0 Å². The van der Waals surface area contributed by atoms with Crippen molar-refractivity contribution >= 4 is 40.6 Å². The van der Waals surface area contributed by atoms with Crippen LogP contribution >= 0.6 is 34.9 Å². The van der Waals surface area contributed by atoms with E-state index in [-0.39, 0.29) is 0 Å². The van der Waals surface area contributed by atoms with Crippen molar-refractivity contribution in [3.05, 3.63) is 10.4 Å². The van der Waals surface area contributed by atoms with E-state index >= 15 is 0 Å². The number of nitrogens with zero attached hydrogens (tertiary/aromatic N) is 2. The highest BCUT2D eigenvalue weighted by Gasteiger charge is 2.25. The fourth-order valence-corrected chi connectivity index (χ4v) is 4.14. The molecule has 1 aliphatic heterocycles. The highest BCUT2D eigenvalue weighted by atomic mass is 35.5. The van der Waals surface area contributed by atoms with Crippen LogP contribution in [0.2, 0.25) is 4.34 Å². The summed E-state index contributed by atoms with van der Waals surface area (Å²) in [6.45, 7) is 5.38. The van der Waals surface area contributed by atoms with Gasteiger partial charge in [-0.05, 0) is 38.9 Å². The number of hydrogen-bond acceptors (Lipinski definition) is 4. The molecule has 78 valence electrons. The Morgan fingerprint density at radius 1 is 1.50 bits per heavy atom. The van der Waals surface area contributed by atoms with E-state index < -0.39 is 0 Å². The van der Waals surface area contributed by atoms with Crippen molar-refractivity contribution in [3.63, 3.8) is 0 Å². The number of rotatable bonds is 1. The Hall–Kier alpha value is 0.1000. The molecule has 0 unspecified atom stereocenters. The van der Waals surface area contributed by atoms with Gasteiger partial charge in [-0.15, -0.1) is 11.3 Å². The van der Waals surface area contributed by atoms with Crippen molar-refractivity contribution in [1.82, 2.24) is 4.31 Å². The first-order valence-corrected chi connectivity index (χ1v) is 6.50. The van der Waals surface area contributed by atoms with Crippen LogP contribution in [0.1, 0.15) is 13.8 Å². The molecule has 1 aromatic heterocycles. The summed E-state index contributed by atoms with van der Waals surface area (Å²) in [5.41, 5.74) is 1.29. The Morgan fingerprint density at radius 3 is 2.86 bits per heavy atom. The average molecular weight is 249 g/mol. The van der Waals surface area contributed by atoms with Crippen LogP contribution in [0.4, 0.5) is 5.69 Å². The first-order chi connectivity index (χ1) is 6.58. The van der Waals surface area contributed by atoms with Crippen molar-refractivity contribution in [3.8, 4) is 0 Å². The number of anilines is 1. The summed E-state index contributed by atoms with van der Waals surface area (Å²) in [5, 5.41) is 0. The van der Waals surface area contributed by atoms with Gasteiger partial charge >= 0.3 is 0 Å². The molecule has 0 N–H and O–H groups in total. The minimum atomic E-state index is 0.516. The molecule has 5 heteroatoms. The lowest BCUT2D eigenvalue weighted by Crippen LogP contribution is -2.40. The first-order valence-electron chi connectivity index (χ1n) is 4.53. The normalized spacial score (nSPS) is 17.6. The highest BCUT2D eigenvalue weighted by Crippen LogP contribution is 2.45. The number of hydrogen-bond donors (Lipinski definition) is 0. The highest BCUT2D eigenvalue weighted by molar-refractivity contribution is 7.99. The molecule has 1 aliphatic rings. The maximum Gasteiger partial charge on any atom is 0.100 e. The zero-order valence-electron chi connectivity index (χ0n) is 8.45. The molecule has 14 heavy (non-hydrogen) atoms. The lowest BCUT2D eigenvalue weighted by Gasteiger charge is -2.36. The topological polar surface area (TPSA) is 6.48 Å². The fourth-order valence-electron chi connectivity index (χ4n) is 1.50. The zero-order valence-corrected chi connectivity index (χ0v) is 10.8. The minimum absolute atomic E-state index is 0.516. The molecule has 0 amide bonds. The third-order valence-corrected chi connectivity index (χ3v) is 4.50. The Kier molecular flexibility index (Phi) is 2.98.